The molecule has 1 unspecified atom stereocenters. The fourth-order valence-corrected chi connectivity index (χ4v) is 2.82. The lowest BCUT2D eigenvalue weighted by atomic mass is 9.76. The molecule has 124 valence electrons. The molecule has 0 saturated carbocycles. The lowest BCUT2D eigenvalue weighted by Crippen LogP contribution is -2.61. The van der Waals surface area contributed by atoms with Crippen LogP contribution in [-0.4, -0.2) is 41.6 Å². The number of nitrogens with one attached hydrogen (secondary N) is 1. The molecule has 0 aromatic rings. The van der Waals surface area contributed by atoms with E-state index in [1.807, 2.05) is 0 Å². The monoisotopic (exact) mass is 326 g/mol. The van der Waals surface area contributed by atoms with Crippen molar-refractivity contribution in [3.8, 4) is 0 Å². The molecule has 1 fully saturated rings. The molecule has 6 heteroatoms. The number of amides is 1. The molecule has 0 radical (unpaired) electrons. The number of ether oxygens (including phenoxy) is 1. The summed E-state index contributed by atoms with van der Waals surface area (Å²) in [7, 11) is 0. The van der Waals surface area contributed by atoms with Crippen LogP contribution >= 0.6 is 12.2 Å². The SMILES string of the molecule is C=CCC1(CCC(C)C)CN(CC(=O)OCC)C(=S)NC1=O. The first-order chi connectivity index (χ1) is 10.3. The first-order valence-electron chi connectivity index (χ1n) is 7.71. The molecule has 1 aliphatic rings. The van der Waals surface area contributed by atoms with Gasteiger partial charge >= 0.3 is 5.97 Å². The van der Waals surface area contributed by atoms with Gasteiger partial charge in [-0.1, -0.05) is 19.9 Å². The normalized spacial score (nSPS) is 21.7. The number of carbonyl (C=O) groups is 2. The summed E-state index contributed by atoms with van der Waals surface area (Å²) in [5.74, 6) is 0.0948. The average molecular weight is 326 g/mol. The van der Waals surface area contributed by atoms with Crippen molar-refractivity contribution < 1.29 is 14.3 Å². The Morgan fingerprint density at radius 3 is 2.82 bits per heavy atom. The Hall–Kier alpha value is -1.43. The Kier molecular flexibility index (Phi) is 7.00. The van der Waals surface area contributed by atoms with Crippen LogP contribution in [0.5, 0.6) is 0 Å². The van der Waals surface area contributed by atoms with E-state index in [9.17, 15) is 9.59 Å². The van der Waals surface area contributed by atoms with Crippen LogP contribution < -0.4 is 5.32 Å². The molecular weight excluding hydrogens is 300 g/mol. The predicted octanol–water partition coefficient (Wildman–Crippen LogP) is 2.26. The third kappa shape index (κ3) is 4.80. The van der Waals surface area contributed by atoms with E-state index in [4.69, 9.17) is 17.0 Å². The molecule has 1 atom stereocenters. The number of nitrogens with zero attached hydrogens (tertiary/aromatic N) is 1. The van der Waals surface area contributed by atoms with Gasteiger partial charge in [0.2, 0.25) is 5.91 Å². The number of carbonyl (C=O) groups excluding carboxylic acids is 2. The van der Waals surface area contributed by atoms with E-state index in [0.29, 0.717) is 30.6 Å². The van der Waals surface area contributed by atoms with Crippen molar-refractivity contribution in [2.75, 3.05) is 19.7 Å². The lowest BCUT2D eigenvalue weighted by molar-refractivity contribution is -0.145. The van der Waals surface area contributed by atoms with Crippen molar-refractivity contribution in [1.82, 2.24) is 10.2 Å². The third-order valence-electron chi connectivity index (χ3n) is 3.84. The fourth-order valence-electron chi connectivity index (χ4n) is 2.60. The van der Waals surface area contributed by atoms with E-state index in [-0.39, 0.29) is 18.4 Å². The minimum atomic E-state index is -0.583. The van der Waals surface area contributed by atoms with Gasteiger partial charge in [-0.25, -0.2) is 0 Å². The maximum absolute atomic E-state index is 12.5. The van der Waals surface area contributed by atoms with Crippen molar-refractivity contribution in [2.24, 2.45) is 11.3 Å². The highest BCUT2D eigenvalue weighted by atomic mass is 32.1. The summed E-state index contributed by atoms with van der Waals surface area (Å²) < 4.78 is 4.97. The topological polar surface area (TPSA) is 58.6 Å². The number of esters is 1. The van der Waals surface area contributed by atoms with Gasteiger partial charge in [0.15, 0.2) is 5.11 Å². The molecular formula is C16H26N2O3S. The smallest absolute Gasteiger partial charge is 0.325 e. The number of rotatable bonds is 8. The van der Waals surface area contributed by atoms with Gasteiger partial charge < -0.3 is 15.0 Å². The largest absolute Gasteiger partial charge is 0.465 e. The summed E-state index contributed by atoms with van der Waals surface area (Å²) in [6.45, 7) is 10.6. The number of hydrogen-bond acceptors (Lipinski definition) is 4. The zero-order valence-electron chi connectivity index (χ0n) is 13.7. The second kappa shape index (κ2) is 8.27. The van der Waals surface area contributed by atoms with Gasteiger partial charge in [-0.15, -0.1) is 6.58 Å². The van der Waals surface area contributed by atoms with Crippen molar-refractivity contribution in [3.05, 3.63) is 12.7 Å². The standard InChI is InChI=1S/C16H26N2O3S/c1-5-8-16(9-7-12(3)4)11-18(10-13(19)21-6-2)15(22)17-14(16)20/h5,12H,1,6-11H2,2-4H3,(H,17,20,22). The van der Waals surface area contributed by atoms with Crippen LogP contribution in [0.25, 0.3) is 0 Å². The van der Waals surface area contributed by atoms with Gasteiger partial charge in [0.25, 0.3) is 0 Å². The van der Waals surface area contributed by atoms with Crippen LogP contribution in [0, 0.1) is 11.3 Å². The number of thiocarbonyl (C=S) groups is 1. The van der Waals surface area contributed by atoms with Crippen LogP contribution in [0.3, 0.4) is 0 Å². The Labute approximate surface area is 138 Å². The highest BCUT2D eigenvalue weighted by Gasteiger charge is 2.44. The Bertz CT molecular complexity index is 451. The Morgan fingerprint density at radius 2 is 2.27 bits per heavy atom. The molecule has 0 bridgehead atoms. The fraction of sp³-hybridized carbons (Fsp3) is 0.688. The van der Waals surface area contributed by atoms with Crippen molar-refractivity contribution in [1.29, 1.82) is 0 Å². The molecule has 0 aromatic heterocycles. The molecule has 1 rings (SSSR count). The van der Waals surface area contributed by atoms with E-state index in [1.54, 1.807) is 17.9 Å². The van der Waals surface area contributed by atoms with E-state index < -0.39 is 5.41 Å². The highest BCUT2D eigenvalue weighted by Crippen LogP contribution is 2.34. The summed E-state index contributed by atoms with van der Waals surface area (Å²) in [6.07, 6.45) is 4.00. The lowest BCUT2D eigenvalue weighted by Gasteiger charge is -2.42. The van der Waals surface area contributed by atoms with Gasteiger partial charge in [0, 0.05) is 6.54 Å². The van der Waals surface area contributed by atoms with Crippen LogP contribution in [0.1, 0.15) is 40.0 Å². The maximum atomic E-state index is 12.5. The highest BCUT2D eigenvalue weighted by molar-refractivity contribution is 7.80. The van der Waals surface area contributed by atoms with Crippen molar-refractivity contribution >= 4 is 29.2 Å². The van der Waals surface area contributed by atoms with E-state index in [2.05, 4.69) is 25.7 Å². The number of allylic oxidation sites excluding steroid dienone is 1. The average Bonchev–Trinajstić information content (AvgIpc) is 2.43. The van der Waals surface area contributed by atoms with Crippen LogP contribution in [0.4, 0.5) is 0 Å². The zero-order valence-corrected chi connectivity index (χ0v) is 14.5. The summed E-state index contributed by atoms with van der Waals surface area (Å²) in [4.78, 5) is 25.9. The van der Waals surface area contributed by atoms with Crippen LogP contribution in [0.2, 0.25) is 0 Å². The maximum Gasteiger partial charge on any atom is 0.325 e. The summed E-state index contributed by atoms with van der Waals surface area (Å²) >= 11 is 5.19. The minimum absolute atomic E-state index is 0.0630. The third-order valence-corrected chi connectivity index (χ3v) is 4.20. The Balaban J connectivity index is 2.89. The summed E-state index contributed by atoms with van der Waals surface area (Å²) in [5.41, 5.74) is -0.583. The molecule has 1 aliphatic heterocycles. The van der Waals surface area contributed by atoms with Gasteiger partial charge in [-0.05, 0) is 44.3 Å². The molecule has 1 N–H and O–H groups in total. The molecule has 1 heterocycles. The second-order valence-corrected chi connectivity index (χ2v) is 6.51. The molecule has 0 spiro atoms. The van der Waals surface area contributed by atoms with Crippen molar-refractivity contribution in [2.45, 2.75) is 40.0 Å². The quantitative estimate of drug-likeness (QED) is 0.421. The van der Waals surface area contributed by atoms with Gasteiger partial charge in [-0.3, -0.25) is 9.59 Å². The molecule has 5 nitrogen and oxygen atoms in total. The number of hydrogen-bond donors (Lipinski definition) is 1. The predicted molar refractivity (Wildman–Crippen MR) is 90.3 cm³/mol. The Morgan fingerprint density at radius 1 is 1.59 bits per heavy atom. The minimum Gasteiger partial charge on any atom is -0.465 e. The first kappa shape index (κ1) is 18.6. The summed E-state index contributed by atoms with van der Waals surface area (Å²) in [6, 6.07) is 0. The van der Waals surface area contributed by atoms with Crippen molar-refractivity contribution in [3.63, 3.8) is 0 Å². The molecule has 1 amide bonds. The molecule has 0 aromatic carbocycles. The van der Waals surface area contributed by atoms with Gasteiger partial charge in [0.05, 0.1) is 12.0 Å². The van der Waals surface area contributed by atoms with E-state index in [1.165, 1.54) is 0 Å². The van der Waals surface area contributed by atoms with Crippen LogP contribution in [-0.2, 0) is 14.3 Å². The molecule has 22 heavy (non-hydrogen) atoms. The van der Waals surface area contributed by atoms with Gasteiger partial charge in [-0.2, -0.15) is 0 Å². The molecule has 1 saturated heterocycles. The summed E-state index contributed by atoms with van der Waals surface area (Å²) in [5, 5.41) is 3.03. The van der Waals surface area contributed by atoms with Gasteiger partial charge in [0.1, 0.15) is 6.54 Å². The van der Waals surface area contributed by atoms with Crippen LogP contribution in [0.15, 0.2) is 12.7 Å². The second-order valence-electron chi connectivity index (χ2n) is 6.13. The van der Waals surface area contributed by atoms with E-state index in [0.717, 1.165) is 12.8 Å². The van der Waals surface area contributed by atoms with E-state index >= 15 is 0 Å². The molecule has 0 aliphatic carbocycles. The zero-order chi connectivity index (χ0) is 16.8. The first-order valence-corrected chi connectivity index (χ1v) is 8.12.